The number of halogens is 1. The number of cyclic esters (lactones) is 1. The van der Waals surface area contributed by atoms with Crippen molar-refractivity contribution in [2.75, 3.05) is 13.2 Å². The largest absolute Gasteiger partial charge is 0.480 e. The second-order valence-corrected chi connectivity index (χ2v) is 10.1. The average Bonchev–Trinajstić information content (AvgIpc) is 3.36. The van der Waals surface area contributed by atoms with Crippen molar-refractivity contribution in [3.63, 3.8) is 0 Å². The van der Waals surface area contributed by atoms with Crippen LogP contribution >= 0.6 is 15.9 Å². The minimum atomic E-state index is -0.867. The number of fused-ring (bicyclic) bond motifs is 1. The van der Waals surface area contributed by atoms with Gasteiger partial charge in [-0.15, -0.1) is 0 Å². The molecule has 1 unspecified atom stereocenters. The van der Waals surface area contributed by atoms with Crippen LogP contribution in [0.25, 0.3) is 0 Å². The smallest absolute Gasteiger partial charge is 0.309 e. The fourth-order valence-electron chi connectivity index (χ4n) is 4.68. The summed E-state index contributed by atoms with van der Waals surface area (Å²) in [6.45, 7) is 2.52. The Kier molecular flexibility index (Phi) is 8.80. The van der Waals surface area contributed by atoms with E-state index >= 15 is 0 Å². The van der Waals surface area contributed by atoms with Gasteiger partial charge < -0.3 is 19.7 Å². The molecule has 1 saturated heterocycles. The standard InChI is InChI=1S/C28H31BrN2O5/c1-19-8-5-14-25(32)35-17-15-24(36-22-11-3-2-4-12-22)28(34)31-16-7-13-23(31)27(33)30-26(19)20-9-6-10-21(29)18-20/h2-6,8-12,18-19,23-24,26H,7,13-17H2,1H3,(H,30,33)/b8-5+/t19-,23+,24?,26+/m1/s1. The lowest BCUT2D eigenvalue weighted by Crippen LogP contribution is -2.51. The first kappa shape index (κ1) is 25.9. The summed E-state index contributed by atoms with van der Waals surface area (Å²) in [6.07, 6.45) is 4.45. The van der Waals surface area contributed by atoms with Crippen LogP contribution in [-0.2, 0) is 19.1 Å². The Balaban J connectivity index is 1.63. The molecule has 7 nitrogen and oxygen atoms in total. The second kappa shape index (κ2) is 12.2. The summed E-state index contributed by atoms with van der Waals surface area (Å²) >= 11 is 3.51. The number of carbonyl (C=O) groups is 3. The SMILES string of the molecule is C[C@@H]1/C=C/CC(=O)OCCC(Oc2ccccc2)C(=O)N2CCC[C@H]2C(=O)N[C@@H]1c1cccc(Br)c1. The van der Waals surface area contributed by atoms with E-state index in [9.17, 15) is 14.4 Å². The van der Waals surface area contributed by atoms with Crippen molar-refractivity contribution in [3.8, 4) is 5.75 Å². The third-order valence-electron chi connectivity index (χ3n) is 6.53. The summed E-state index contributed by atoms with van der Waals surface area (Å²) in [5, 5.41) is 3.19. The Labute approximate surface area is 220 Å². The summed E-state index contributed by atoms with van der Waals surface area (Å²) in [6, 6.07) is 15.9. The summed E-state index contributed by atoms with van der Waals surface area (Å²) in [5.41, 5.74) is 0.933. The molecule has 0 spiro atoms. The highest BCUT2D eigenvalue weighted by Gasteiger charge is 2.39. The van der Waals surface area contributed by atoms with Crippen molar-refractivity contribution in [2.24, 2.45) is 5.92 Å². The predicted octanol–water partition coefficient (Wildman–Crippen LogP) is 4.57. The molecule has 2 aliphatic heterocycles. The fourth-order valence-corrected chi connectivity index (χ4v) is 5.10. The number of amides is 2. The van der Waals surface area contributed by atoms with Crippen LogP contribution in [0.15, 0.2) is 71.2 Å². The second-order valence-electron chi connectivity index (χ2n) is 9.15. The van der Waals surface area contributed by atoms with Crippen LogP contribution in [0.5, 0.6) is 5.75 Å². The number of ether oxygens (including phenoxy) is 2. The van der Waals surface area contributed by atoms with Gasteiger partial charge in [0.05, 0.1) is 19.1 Å². The highest BCUT2D eigenvalue weighted by atomic mass is 79.9. The maximum atomic E-state index is 13.6. The van der Waals surface area contributed by atoms with Gasteiger partial charge >= 0.3 is 5.97 Å². The number of benzene rings is 2. The van der Waals surface area contributed by atoms with E-state index in [2.05, 4.69) is 21.2 Å². The van der Waals surface area contributed by atoms with Gasteiger partial charge in [0.2, 0.25) is 5.91 Å². The molecule has 4 rings (SSSR count). The fraction of sp³-hybridized carbons (Fsp3) is 0.393. The number of hydrogen-bond donors (Lipinski definition) is 1. The Bertz CT molecular complexity index is 1110. The van der Waals surface area contributed by atoms with Gasteiger partial charge in [0.25, 0.3) is 5.91 Å². The molecule has 190 valence electrons. The van der Waals surface area contributed by atoms with E-state index in [0.717, 1.165) is 16.5 Å². The number of hydrogen-bond acceptors (Lipinski definition) is 5. The van der Waals surface area contributed by atoms with Gasteiger partial charge in [0.15, 0.2) is 6.10 Å². The van der Waals surface area contributed by atoms with E-state index in [1.165, 1.54) is 0 Å². The molecule has 2 aromatic rings. The van der Waals surface area contributed by atoms with Crippen molar-refractivity contribution in [1.29, 1.82) is 0 Å². The first-order valence-corrected chi connectivity index (χ1v) is 13.1. The predicted molar refractivity (Wildman–Crippen MR) is 139 cm³/mol. The highest BCUT2D eigenvalue weighted by molar-refractivity contribution is 9.10. The van der Waals surface area contributed by atoms with Crippen molar-refractivity contribution >= 4 is 33.7 Å². The van der Waals surface area contributed by atoms with Crippen molar-refractivity contribution in [1.82, 2.24) is 10.2 Å². The average molecular weight is 555 g/mol. The van der Waals surface area contributed by atoms with Gasteiger partial charge in [0.1, 0.15) is 11.8 Å². The quantitative estimate of drug-likeness (QED) is 0.443. The minimum Gasteiger partial charge on any atom is -0.480 e. The van der Waals surface area contributed by atoms with Gasteiger partial charge in [0, 0.05) is 17.4 Å². The number of para-hydroxylation sites is 1. The Hall–Kier alpha value is -3.13. The third kappa shape index (κ3) is 6.55. The van der Waals surface area contributed by atoms with Crippen LogP contribution < -0.4 is 10.1 Å². The molecular formula is C28H31BrN2O5. The lowest BCUT2D eigenvalue weighted by Gasteiger charge is -2.31. The summed E-state index contributed by atoms with van der Waals surface area (Å²) in [7, 11) is 0. The number of nitrogens with one attached hydrogen (secondary N) is 1. The van der Waals surface area contributed by atoms with Crippen LogP contribution in [-0.4, -0.2) is 48.0 Å². The molecule has 8 heteroatoms. The Morgan fingerprint density at radius 2 is 1.86 bits per heavy atom. The summed E-state index contributed by atoms with van der Waals surface area (Å²) in [4.78, 5) is 41.1. The van der Waals surface area contributed by atoms with Gasteiger partial charge in [-0.25, -0.2) is 0 Å². The summed E-state index contributed by atoms with van der Waals surface area (Å²) < 4.78 is 12.3. The third-order valence-corrected chi connectivity index (χ3v) is 7.03. The van der Waals surface area contributed by atoms with E-state index < -0.39 is 12.1 Å². The van der Waals surface area contributed by atoms with E-state index in [1.807, 2.05) is 55.5 Å². The number of rotatable bonds is 3. The molecule has 0 aliphatic carbocycles. The lowest BCUT2D eigenvalue weighted by atomic mass is 9.93. The molecule has 0 radical (unpaired) electrons. The monoisotopic (exact) mass is 554 g/mol. The van der Waals surface area contributed by atoms with Crippen LogP contribution in [0.4, 0.5) is 0 Å². The molecule has 2 aromatic carbocycles. The van der Waals surface area contributed by atoms with Gasteiger partial charge in [-0.05, 0) is 48.6 Å². The highest BCUT2D eigenvalue weighted by Crippen LogP contribution is 2.28. The molecule has 1 N–H and O–H groups in total. The maximum absolute atomic E-state index is 13.6. The normalized spacial score (nSPS) is 26.7. The lowest BCUT2D eigenvalue weighted by molar-refractivity contribution is -0.148. The van der Waals surface area contributed by atoms with E-state index in [4.69, 9.17) is 9.47 Å². The van der Waals surface area contributed by atoms with Crippen molar-refractivity contribution < 1.29 is 23.9 Å². The van der Waals surface area contributed by atoms with Gasteiger partial charge in [-0.1, -0.05) is 65.3 Å². The van der Waals surface area contributed by atoms with Crippen LogP contribution in [0, 0.1) is 5.92 Å². The zero-order chi connectivity index (χ0) is 25.5. The van der Waals surface area contributed by atoms with Crippen LogP contribution in [0.1, 0.15) is 44.2 Å². The zero-order valence-corrected chi connectivity index (χ0v) is 21.9. The Morgan fingerprint density at radius 1 is 1.06 bits per heavy atom. The number of carbonyl (C=O) groups excluding carboxylic acids is 3. The number of esters is 1. The molecule has 1 fully saturated rings. The maximum Gasteiger partial charge on any atom is 0.309 e. The first-order chi connectivity index (χ1) is 17.4. The van der Waals surface area contributed by atoms with E-state index in [-0.39, 0.29) is 49.2 Å². The van der Waals surface area contributed by atoms with E-state index in [1.54, 1.807) is 23.1 Å². The minimum absolute atomic E-state index is 0.0524. The zero-order valence-electron chi connectivity index (χ0n) is 20.3. The Morgan fingerprint density at radius 3 is 2.64 bits per heavy atom. The van der Waals surface area contributed by atoms with Crippen LogP contribution in [0.2, 0.25) is 0 Å². The van der Waals surface area contributed by atoms with Gasteiger partial charge in [-0.2, -0.15) is 0 Å². The topological polar surface area (TPSA) is 84.9 Å². The molecule has 0 bridgehead atoms. The molecule has 36 heavy (non-hydrogen) atoms. The molecule has 0 saturated carbocycles. The van der Waals surface area contributed by atoms with Crippen LogP contribution in [0.3, 0.4) is 0 Å². The van der Waals surface area contributed by atoms with E-state index in [0.29, 0.717) is 18.7 Å². The summed E-state index contributed by atoms with van der Waals surface area (Å²) in [5.74, 6) is -0.381. The molecule has 2 amide bonds. The van der Waals surface area contributed by atoms with Crippen molar-refractivity contribution in [3.05, 3.63) is 76.8 Å². The van der Waals surface area contributed by atoms with Gasteiger partial charge in [-0.3, -0.25) is 14.4 Å². The first-order valence-electron chi connectivity index (χ1n) is 12.3. The molecule has 2 aliphatic rings. The molecule has 2 heterocycles. The van der Waals surface area contributed by atoms with Crippen molar-refractivity contribution in [2.45, 2.75) is 50.8 Å². The number of nitrogens with zero attached hydrogens (tertiary/aromatic N) is 1. The molecule has 0 aromatic heterocycles. The molecule has 4 atom stereocenters. The molecular weight excluding hydrogens is 524 g/mol.